The SMILES string of the molecule is CSc1nc(Cl)cc(NC[C@@H]2CCCNC2)n1. The number of rotatable bonds is 4. The molecule has 0 aromatic carbocycles. The van der Waals surface area contributed by atoms with E-state index < -0.39 is 0 Å². The van der Waals surface area contributed by atoms with Gasteiger partial charge in [0.1, 0.15) is 11.0 Å². The number of hydrogen-bond acceptors (Lipinski definition) is 5. The van der Waals surface area contributed by atoms with E-state index >= 15 is 0 Å². The third-order valence-corrected chi connectivity index (χ3v) is 3.57. The summed E-state index contributed by atoms with van der Waals surface area (Å²) in [5.41, 5.74) is 0. The number of nitrogens with zero attached hydrogens (tertiary/aromatic N) is 2. The van der Waals surface area contributed by atoms with Gasteiger partial charge in [0.2, 0.25) is 0 Å². The van der Waals surface area contributed by atoms with Crippen LogP contribution in [-0.2, 0) is 0 Å². The fourth-order valence-electron chi connectivity index (χ4n) is 1.93. The number of halogens is 1. The Morgan fingerprint density at radius 1 is 1.59 bits per heavy atom. The van der Waals surface area contributed by atoms with Gasteiger partial charge >= 0.3 is 0 Å². The molecule has 1 atom stereocenters. The summed E-state index contributed by atoms with van der Waals surface area (Å²) < 4.78 is 0. The highest BCUT2D eigenvalue weighted by Crippen LogP contribution is 2.18. The van der Waals surface area contributed by atoms with Gasteiger partial charge in [0, 0.05) is 12.6 Å². The standard InChI is InChI=1S/C11H17ClN4S/c1-17-11-15-9(12)5-10(16-11)14-7-8-3-2-4-13-6-8/h5,8,13H,2-4,6-7H2,1H3,(H,14,15,16)/t8-/m1/s1. The molecule has 0 unspecified atom stereocenters. The largest absolute Gasteiger partial charge is 0.370 e. The topological polar surface area (TPSA) is 49.8 Å². The minimum absolute atomic E-state index is 0.494. The third kappa shape index (κ3) is 4.01. The first-order valence-electron chi connectivity index (χ1n) is 5.81. The molecule has 2 N–H and O–H groups in total. The van der Waals surface area contributed by atoms with E-state index in [0.29, 0.717) is 16.2 Å². The lowest BCUT2D eigenvalue weighted by Crippen LogP contribution is -2.33. The maximum absolute atomic E-state index is 5.93. The first-order valence-corrected chi connectivity index (χ1v) is 7.41. The lowest BCUT2D eigenvalue weighted by atomic mass is 10.00. The predicted octanol–water partition coefficient (Wildman–Crippen LogP) is 2.26. The molecule has 17 heavy (non-hydrogen) atoms. The zero-order valence-electron chi connectivity index (χ0n) is 9.87. The molecule has 1 saturated heterocycles. The minimum atomic E-state index is 0.494. The molecule has 0 amide bonds. The van der Waals surface area contributed by atoms with Gasteiger partial charge in [-0.2, -0.15) is 0 Å². The molecule has 0 saturated carbocycles. The highest BCUT2D eigenvalue weighted by molar-refractivity contribution is 7.98. The van der Waals surface area contributed by atoms with Crippen LogP contribution in [0.3, 0.4) is 0 Å². The molecule has 0 aliphatic carbocycles. The first-order chi connectivity index (χ1) is 8.28. The summed E-state index contributed by atoms with van der Waals surface area (Å²) in [4.78, 5) is 8.48. The van der Waals surface area contributed by atoms with Crippen LogP contribution in [0.4, 0.5) is 5.82 Å². The summed E-state index contributed by atoms with van der Waals surface area (Å²) in [5, 5.41) is 7.95. The van der Waals surface area contributed by atoms with E-state index in [9.17, 15) is 0 Å². The lowest BCUT2D eigenvalue weighted by Gasteiger charge is -2.23. The van der Waals surface area contributed by atoms with Crippen LogP contribution in [-0.4, -0.2) is 35.9 Å². The summed E-state index contributed by atoms with van der Waals surface area (Å²) in [6.07, 6.45) is 4.47. The number of nitrogens with one attached hydrogen (secondary N) is 2. The Morgan fingerprint density at radius 2 is 2.47 bits per heavy atom. The third-order valence-electron chi connectivity index (χ3n) is 2.83. The molecule has 1 aromatic rings. The smallest absolute Gasteiger partial charge is 0.190 e. The average molecular weight is 273 g/mol. The average Bonchev–Trinajstić information content (AvgIpc) is 2.37. The van der Waals surface area contributed by atoms with E-state index in [2.05, 4.69) is 20.6 Å². The molecule has 0 radical (unpaired) electrons. The van der Waals surface area contributed by atoms with Crippen molar-refractivity contribution >= 4 is 29.2 Å². The predicted molar refractivity (Wildman–Crippen MR) is 72.9 cm³/mol. The fraction of sp³-hybridized carbons (Fsp3) is 0.636. The molecular formula is C11H17ClN4S. The number of anilines is 1. The summed E-state index contributed by atoms with van der Waals surface area (Å²) in [5.74, 6) is 1.50. The Hall–Kier alpha value is -0.520. The zero-order valence-corrected chi connectivity index (χ0v) is 11.4. The van der Waals surface area contributed by atoms with Gasteiger partial charge in [-0.25, -0.2) is 9.97 Å². The Balaban J connectivity index is 1.91. The number of piperidine rings is 1. The molecule has 1 fully saturated rings. The minimum Gasteiger partial charge on any atom is -0.370 e. The van der Waals surface area contributed by atoms with Gasteiger partial charge in [0.25, 0.3) is 0 Å². The maximum atomic E-state index is 5.93. The van der Waals surface area contributed by atoms with E-state index in [0.717, 1.165) is 25.5 Å². The molecule has 94 valence electrons. The second-order valence-corrected chi connectivity index (χ2v) is 5.32. The van der Waals surface area contributed by atoms with Crippen molar-refractivity contribution in [3.05, 3.63) is 11.2 Å². The van der Waals surface area contributed by atoms with Crippen molar-refractivity contribution in [2.45, 2.75) is 18.0 Å². The van der Waals surface area contributed by atoms with Gasteiger partial charge in [-0.3, -0.25) is 0 Å². The Bertz CT molecular complexity index is 368. The summed E-state index contributed by atoms with van der Waals surface area (Å²) in [6.45, 7) is 3.17. The Kier molecular flexibility index (Phi) is 4.88. The van der Waals surface area contributed by atoms with Crippen LogP contribution in [0.1, 0.15) is 12.8 Å². The van der Waals surface area contributed by atoms with Crippen LogP contribution in [0.15, 0.2) is 11.2 Å². The number of aromatic nitrogens is 2. The van der Waals surface area contributed by atoms with Crippen molar-refractivity contribution in [2.24, 2.45) is 5.92 Å². The van der Waals surface area contributed by atoms with Crippen molar-refractivity contribution in [2.75, 3.05) is 31.2 Å². The molecule has 4 nitrogen and oxygen atoms in total. The van der Waals surface area contributed by atoms with Crippen molar-refractivity contribution in [3.8, 4) is 0 Å². The van der Waals surface area contributed by atoms with Gasteiger partial charge in [-0.15, -0.1) is 0 Å². The van der Waals surface area contributed by atoms with Gasteiger partial charge < -0.3 is 10.6 Å². The quantitative estimate of drug-likeness (QED) is 0.500. The van der Waals surface area contributed by atoms with Crippen LogP contribution in [0, 0.1) is 5.92 Å². The fourth-order valence-corrected chi connectivity index (χ4v) is 2.54. The molecule has 0 spiro atoms. The second-order valence-electron chi connectivity index (χ2n) is 4.16. The molecule has 1 aromatic heterocycles. The van der Waals surface area contributed by atoms with Crippen LogP contribution in [0.25, 0.3) is 0 Å². The van der Waals surface area contributed by atoms with Gasteiger partial charge in [0.15, 0.2) is 5.16 Å². The maximum Gasteiger partial charge on any atom is 0.190 e. The van der Waals surface area contributed by atoms with Crippen molar-refractivity contribution in [1.29, 1.82) is 0 Å². The lowest BCUT2D eigenvalue weighted by molar-refractivity contribution is 0.392. The van der Waals surface area contributed by atoms with E-state index in [1.54, 1.807) is 6.07 Å². The summed E-state index contributed by atoms with van der Waals surface area (Å²) in [6, 6.07) is 1.78. The van der Waals surface area contributed by atoms with E-state index in [1.165, 1.54) is 24.6 Å². The Morgan fingerprint density at radius 3 is 3.18 bits per heavy atom. The first kappa shape index (κ1) is 12.9. The molecule has 6 heteroatoms. The van der Waals surface area contributed by atoms with Crippen LogP contribution in [0.2, 0.25) is 5.15 Å². The zero-order chi connectivity index (χ0) is 12.1. The normalized spacial score (nSPS) is 20.2. The second kappa shape index (κ2) is 6.42. The van der Waals surface area contributed by atoms with Crippen LogP contribution >= 0.6 is 23.4 Å². The molecule has 0 bridgehead atoms. The van der Waals surface area contributed by atoms with Crippen molar-refractivity contribution in [1.82, 2.24) is 15.3 Å². The van der Waals surface area contributed by atoms with Crippen molar-refractivity contribution in [3.63, 3.8) is 0 Å². The molecular weight excluding hydrogens is 256 g/mol. The van der Waals surface area contributed by atoms with Gasteiger partial charge in [0.05, 0.1) is 0 Å². The molecule has 2 rings (SSSR count). The molecule has 2 heterocycles. The monoisotopic (exact) mass is 272 g/mol. The number of hydrogen-bond donors (Lipinski definition) is 2. The Labute approximate surface area is 111 Å². The van der Waals surface area contributed by atoms with Crippen LogP contribution < -0.4 is 10.6 Å². The summed E-state index contributed by atoms with van der Waals surface area (Å²) in [7, 11) is 0. The van der Waals surface area contributed by atoms with Crippen molar-refractivity contribution < 1.29 is 0 Å². The van der Waals surface area contributed by atoms with Gasteiger partial charge in [-0.05, 0) is 38.1 Å². The van der Waals surface area contributed by atoms with E-state index in [4.69, 9.17) is 11.6 Å². The molecule has 1 aliphatic rings. The van der Waals surface area contributed by atoms with Crippen LogP contribution in [0.5, 0.6) is 0 Å². The van der Waals surface area contributed by atoms with E-state index in [-0.39, 0.29) is 0 Å². The molecule has 1 aliphatic heterocycles. The highest BCUT2D eigenvalue weighted by atomic mass is 35.5. The summed E-state index contributed by atoms with van der Waals surface area (Å²) >= 11 is 7.43. The van der Waals surface area contributed by atoms with Gasteiger partial charge in [-0.1, -0.05) is 23.4 Å². The van der Waals surface area contributed by atoms with E-state index in [1.807, 2.05) is 6.26 Å². The number of thioether (sulfide) groups is 1. The highest BCUT2D eigenvalue weighted by Gasteiger charge is 2.13.